The van der Waals surface area contributed by atoms with Crippen molar-refractivity contribution in [3.63, 3.8) is 0 Å². The lowest BCUT2D eigenvalue weighted by molar-refractivity contribution is -0.116. The molecular weight excluding hydrogens is 398 g/mol. The van der Waals surface area contributed by atoms with Crippen LogP contribution in [-0.2, 0) is 11.2 Å². The number of carbonyl (C=O) groups is 1. The molecule has 1 aliphatic carbocycles. The normalized spacial score (nSPS) is 17.7. The van der Waals surface area contributed by atoms with Crippen LogP contribution < -0.4 is 10.1 Å². The maximum atomic E-state index is 12.2. The van der Waals surface area contributed by atoms with E-state index < -0.39 is 0 Å². The van der Waals surface area contributed by atoms with E-state index in [1.165, 1.54) is 19.4 Å². The maximum Gasteiger partial charge on any atom is 0.224 e. The lowest BCUT2D eigenvalue weighted by Crippen LogP contribution is -2.39. The molecule has 0 radical (unpaired) electrons. The SMILES string of the molecule is Cc1cc(NC(=O)CCc2ccc(OC3CCN(CC4CC4)CC3)nc2)ccc1Cl. The lowest BCUT2D eigenvalue weighted by atomic mass is 10.1. The minimum Gasteiger partial charge on any atom is -0.474 e. The summed E-state index contributed by atoms with van der Waals surface area (Å²) in [5.41, 5.74) is 2.75. The van der Waals surface area contributed by atoms with E-state index in [1.54, 1.807) is 6.07 Å². The zero-order valence-electron chi connectivity index (χ0n) is 17.6. The molecule has 0 spiro atoms. The zero-order valence-corrected chi connectivity index (χ0v) is 18.3. The predicted molar refractivity (Wildman–Crippen MR) is 120 cm³/mol. The van der Waals surface area contributed by atoms with Gasteiger partial charge in [-0.1, -0.05) is 17.7 Å². The average molecular weight is 428 g/mol. The van der Waals surface area contributed by atoms with Crippen LogP contribution >= 0.6 is 11.6 Å². The van der Waals surface area contributed by atoms with Gasteiger partial charge in [0.05, 0.1) is 0 Å². The van der Waals surface area contributed by atoms with Gasteiger partial charge in [-0.15, -0.1) is 0 Å². The Kier molecular flexibility index (Phi) is 6.90. The molecule has 0 atom stereocenters. The summed E-state index contributed by atoms with van der Waals surface area (Å²) in [4.78, 5) is 19.2. The van der Waals surface area contributed by atoms with Crippen molar-refractivity contribution < 1.29 is 9.53 Å². The molecule has 1 amide bonds. The van der Waals surface area contributed by atoms with Gasteiger partial charge in [0.2, 0.25) is 11.8 Å². The number of anilines is 1. The molecule has 2 aromatic rings. The monoisotopic (exact) mass is 427 g/mol. The molecule has 5 nitrogen and oxygen atoms in total. The molecule has 2 aliphatic rings. The summed E-state index contributed by atoms with van der Waals surface area (Å²) in [5.74, 6) is 1.62. The minimum atomic E-state index is -0.0185. The Balaban J connectivity index is 1.19. The smallest absolute Gasteiger partial charge is 0.224 e. The fraction of sp³-hybridized carbons (Fsp3) is 0.500. The number of amides is 1. The van der Waals surface area contributed by atoms with Crippen LogP contribution in [0.5, 0.6) is 5.88 Å². The van der Waals surface area contributed by atoms with E-state index in [-0.39, 0.29) is 12.0 Å². The van der Waals surface area contributed by atoms with Crippen LogP contribution in [0, 0.1) is 12.8 Å². The molecule has 1 aliphatic heterocycles. The van der Waals surface area contributed by atoms with E-state index in [0.29, 0.717) is 23.7 Å². The summed E-state index contributed by atoms with van der Waals surface area (Å²) in [5, 5.41) is 3.62. The van der Waals surface area contributed by atoms with E-state index in [0.717, 1.165) is 48.7 Å². The highest BCUT2D eigenvalue weighted by molar-refractivity contribution is 6.31. The number of benzene rings is 1. The van der Waals surface area contributed by atoms with Crippen molar-refractivity contribution in [2.75, 3.05) is 25.0 Å². The Hall–Kier alpha value is -2.11. The van der Waals surface area contributed by atoms with Crippen molar-refractivity contribution in [2.45, 2.75) is 51.6 Å². The van der Waals surface area contributed by atoms with Crippen LogP contribution in [0.2, 0.25) is 5.02 Å². The second kappa shape index (κ2) is 9.80. The van der Waals surface area contributed by atoms with E-state index in [4.69, 9.17) is 16.3 Å². The first kappa shape index (κ1) is 21.1. The van der Waals surface area contributed by atoms with Crippen LogP contribution in [0.15, 0.2) is 36.5 Å². The molecule has 1 saturated heterocycles. The van der Waals surface area contributed by atoms with Gasteiger partial charge >= 0.3 is 0 Å². The summed E-state index contributed by atoms with van der Waals surface area (Å²) in [6.07, 6.45) is 8.09. The topological polar surface area (TPSA) is 54.5 Å². The maximum absolute atomic E-state index is 12.2. The number of hydrogen-bond donors (Lipinski definition) is 1. The number of likely N-dealkylation sites (tertiary alicyclic amines) is 1. The number of hydrogen-bond acceptors (Lipinski definition) is 4. The van der Waals surface area contributed by atoms with E-state index >= 15 is 0 Å². The van der Waals surface area contributed by atoms with E-state index in [1.807, 2.05) is 37.4 Å². The molecule has 1 aromatic heterocycles. The van der Waals surface area contributed by atoms with Gasteiger partial charge in [-0.3, -0.25) is 4.79 Å². The summed E-state index contributed by atoms with van der Waals surface area (Å²) in [6, 6.07) is 9.42. The molecule has 4 rings (SSSR count). The van der Waals surface area contributed by atoms with Gasteiger partial charge in [-0.2, -0.15) is 0 Å². The standard InChI is InChI=1S/C24H30ClN3O2/c1-17-14-20(6-7-22(17)25)27-23(29)8-4-18-5-9-24(26-15-18)30-21-10-12-28(13-11-21)16-19-2-3-19/h5-7,9,14-15,19,21H,2-4,8,10-13,16H2,1H3,(H,27,29). The van der Waals surface area contributed by atoms with E-state index in [9.17, 15) is 4.79 Å². The highest BCUT2D eigenvalue weighted by Gasteiger charge is 2.27. The number of aromatic nitrogens is 1. The first-order valence-corrected chi connectivity index (χ1v) is 11.3. The van der Waals surface area contributed by atoms with Crippen molar-refractivity contribution >= 4 is 23.2 Å². The molecule has 1 N–H and O–H groups in total. The van der Waals surface area contributed by atoms with Crippen LogP contribution in [0.3, 0.4) is 0 Å². The number of nitrogens with one attached hydrogen (secondary N) is 1. The number of halogens is 1. The van der Waals surface area contributed by atoms with Crippen LogP contribution in [-0.4, -0.2) is 41.5 Å². The fourth-order valence-corrected chi connectivity index (χ4v) is 4.00. The van der Waals surface area contributed by atoms with Crippen molar-refractivity contribution in [1.29, 1.82) is 0 Å². The molecule has 1 saturated carbocycles. The van der Waals surface area contributed by atoms with Crippen molar-refractivity contribution in [3.8, 4) is 5.88 Å². The van der Waals surface area contributed by atoms with Gasteiger partial charge in [0, 0.05) is 49.0 Å². The molecule has 2 heterocycles. The summed E-state index contributed by atoms with van der Waals surface area (Å²) in [7, 11) is 0. The van der Waals surface area contributed by atoms with E-state index in [2.05, 4.69) is 15.2 Å². The van der Waals surface area contributed by atoms with Crippen molar-refractivity contribution in [2.24, 2.45) is 5.92 Å². The largest absolute Gasteiger partial charge is 0.474 e. The third kappa shape index (κ3) is 6.19. The number of pyridine rings is 1. The average Bonchev–Trinajstić information content (AvgIpc) is 3.56. The first-order chi connectivity index (χ1) is 14.5. The second-order valence-electron chi connectivity index (χ2n) is 8.58. The quantitative estimate of drug-likeness (QED) is 0.653. The summed E-state index contributed by atoms with van der Waals surface area (Å²) in [6.45, 7) is 5.44. The third-order valence-corrected chi connectivity index (χ3v) is 6.34. The Bertz CT molecular complexity index is 859. The highest BCUT2D eigenvalue weighted by Crippen LogP contribution is 2.31. The van der Waals surface area contributed by atoms with Gasteiger partial charge in [0.1, 0.15) is 6.10 Å². The molecule has 30 heavy (non-hydrogen) atoms. The third-order valence-electron chi connectivity index (χ3n) is 5.92. The Morgan fingerprint density at radius 1 is 1.20 bits per heavy atom. The highest BCUT2D eigenvalue weighted by atomic mass is 35.5. The molecular formula is C24H30ClN3O2. The van der Waals surface area contributed by atoms with Crippen molar-refractivity contribution in [1.82, 2.24) is 9.88 Å². The lowest BCUT2D eigenvalue weighted by Gasteiger charge is -2.31. The predicted octanol–water partition coefficient (Wildman–Crippen LogP) is 4.87. The second-order valence-corrected chi connectivity index (χ2v) is 8.99. The number of ether oxygens (including phenoxy) is 1. The van der Waals surface area contributed by atoms with Gasteiger partial charge < -0.3 is 15.0 Å². The Morgan fingerprint density at radius 2 is 2.00 bits per heavy atom. The number of nitrogens with zero attached hydrogens (tertiary/aromatic N) is 2. The molecule has 0 unspecified atom stereocenters. The molecule has 1 aromatic carbocycles. The molecule has 6 heteroatoms. The van der Waals surface area contributed by atoms with Gasteiger partial charge in [-0.25, -0.2) is 4.98 Å². The van der Waals surface area contributed by atoms with Gasteiger partial charge in [0.25, 0.3) is 0 Å². The fourth-order valence-electron chi connectivity index (χ4n) is 3.88. The molecule has 0 bridgehead atoms. The van der Waals surface area contributed by atoms with Crippen molar-refractivity contribution in [3.05, 3.63) is 52.7 Å². The van der Waals surface area contributed by atoms with Crippen LogP contribution in [0.4, 0.5) is 5.69 Å². The molecule has 160 valence electrons. The Labute approximate surface area is 183 Å². The summed E-state index contributed by atoms with van der Waals surface area (Å²) < 4.78 is 6.08. The molecule has 2 fully saturated rings. The number of piperidine rings is 1. The van der Waals surface area contributed by atoms with Gasteiger partial charge in [-0.05, 0) is 74.3 Å². The van der Waals surface area contributed by atoms with Crippen LogP contribution in [0.1, 0.15) is 43.2 Å². The number of rotatable bonds is 8. The Morgan fingerprint density at radius 3 is 2.67 bits per heavy atom. The first-order valence-electron chi connectivity index (χ1n) is 10.9. The van der Waals surface area contributed by atoms with Crippen LogP contribution in [0.25, 0.3) is 0 Å². The number of aryl methyl sites for hydroxylation is 2. The summed E-state index contributed by atoms with van der Waals surface area (Å²) >= 11 is 6.03. The number of carbonyl (C=O) groups excluding carboxylic acids is 1. The van der Waals surface area contributed by atoms with Gasteiger partial charge in [0.15, 0.2) is 0 Å². The zero-order chi connectivity index (χ0) is 20.9. The minimum absolute atomic E-state index is 0.0185.